The molecule has 3 aromatic rings. The first kappa shape index (κ1) is 24.2. The number of carbonyl (C=O) groups excluding carboxylic acids is 1. The molecule has 0 radical (unpaired) electrons. The van der Waals surface area contributed by atoms with Gasteiger partial charge in [-0.25, -0.2) is 9.97 Å². The van der Waals surface area contributed by atoms with Crippen LogP contribution in [-0.4, -0.2) is 35.5 Å². The van der Waals surface area contributed by atoms with Crippen LogP contribution in [0, 0.1) is 11.3 Å². The van der Waals surface area contributed by atoms with Crippen molar-refractivity contribution in [3.8, 4) is 6.07 Å². The quantitative estimate of drug-likeness (QED) is 0.426. The second-order valence-electron chi connectivity index (χ2n) is 8.20. The summed E-state index contributed by atoms with van der Waals surface area (Å²) in [6.07, 6.45) is 4.84. The summed E-state index contributed by atoms with van der Waals surface area (Å²) < 4.78 is 0. The predicted octanol–water partition coefficient (Wildman–Crippen LogP) is 5.00. The lowest BCUT2D eigenvalue weighted by molar-refractivity contribution is -0.121. The average Bonchev–Trinajstić information content (AvgIpc) is 2.85. The zero-order chi connectivity index (χ0) is 23.5. The number of hydrogen-bond acceptors (Lipinski definition) is 5. The van der Waals surface area contributed by atoms with E-state index in [-0.39, 0.29) is 5.91 Å². The second-order valence-corrected chi connectivity index (χ2v) is 8.20. The molecule has 1 aromatic heterocycles. The molecule has 0 saturated carbocycles. The van der Waals surface area contributed by atoms with Crippen LogP contribution < -0.4 is 10.2 Å². The van der Waals surface area contributed by atoms with E-state index in [4.69, 9.17) is 9.97 Å². The molecule has 0 fully saturated rings. The maximum atomic E-state index is 13.1. The van der Waals surface area contributed by atoms with E-state index in [0.717, 1.165) is 49.9 Å². The fraction of sp³-hybridized carbons (Fsp3) is 0.407. The Bertz CT molecular complexity index is 1070. The molecule has 3 rings (SSSR count). The van der Waals surface area contributed by atoms with E-state index in [1.54, 1.807) is 0 Å². The van der Waals surface area contributed by atoms with Crippen molar-refractivity contribution in [3.63, 3.8) is 0 Å². The summed E-state index contributed by atoms with van der Waals surface area (Å²) in [5.74, 6) is -0.691. The average molecular weight is 444 g/mol. The highest BCUT2D eigenvalue weighted by Crippen LogP contribution is 2.28. The van der Waals surface area contributed by atoms with Crippen LogP contribution in [0.4, 0.5) is 5.82 Å². The van der Waals surface area contributed by atoms with Gasteiger partial charge in [-0.2, -0.15) is 5.26 Å². The van der Waals surface area contributed by atoms with Crippen LogP contribution in [0.25, 0.3) is 11.0 Å². The number of anilines is 1. The highest BCUT2D eigenvalue weighted by Gasteiger charge is 2.28. The molecular formula is C27H33N5O. The van der Waals surface area contributed by atoms with Crippen molar-refractivity contribution in [1.29, 1.82) is 5.26 Å². The third kappa shape index (κ3) is 6.52. The first-order valence-corrected chi connectivity index (χ1v) is 11.9. The number of unbranched alkanes of at least 4 members (excludes halogenated alkanes) is 2. The number of nitriles is 1. The number of aromatic nitrogens is 2. The van der Waals surface area contributed by atoms with Gasteiger partial charge < -0.3 is 10.2 Å². The molecule has 6 heteroatoms. The summed E-state index contributed by atoms with van der Waals surface area (Å²) >= 11 is 0. The standard InChI is InChI=1S/C27H33N5O/c1-3-5-18-32(19-6-4-2)26-25(30-23-14-10-11-15-24(23)31-26)22(20-28)27(33)29-17-16-21-12-8-7-9-13-21/h7-15,22H,3-6,16-19H2,1-2H3,(H,29,33)/t22-/m1/s1. The Morgan fingerprint density at radius 3 is 2.18 bits per heavy atom. The van der Waals surface area contributed by atoms with Crippen LogP contribution in [0.3, 0.4) is 0 Å². The van der Waals surface area contributed by atoms with Crippen LogP contribution in [0.15, 0.2) is 54.6 Å². The zero-order valence-electron chi connectivity index (χ0n) is 19.6. The van der Waals surface area contributed by atoms with Gasteiger partial charge in [0.25, 0.3) is 0 Å². The molecule has 0 unspecified atom stereocenters. The normalized spacial score (nSPS) is 11.7. The van der Waals surface area contributed by atoms with Gasteiger partial charge in [-0.05, 0) is 37.0 Å². The first-order valence-electron chi connectivity index (χ1n) is 11.9. The molecule has 0 aliphatic carbocycles. The maximum absolute atomic E-state index is 13.1. The number of hydrogen-bond donors (Lipinski definition) is 1. The van der Waals surface area contributed by atoms with Crippen molar-refractivity contribution in [3.05, 3.63) is 65.9 Å². The first-order chi connectivity index (χ1) is 16.2. The van der Waals surface area contributed by atoms with Gasteiger partial charge in [0.2, 0.25) is 5.91 Å². The highest BCUT2D eigenvalue weighted by molar-refractivity contribution is 5.88. The number of carbonyl (C=O) groups is 1. The van der Waals surface area contributed by atoms with Crippen LogP contribution in [-0.2, 0) is 11.2 Å². The van der Waals surface area contributed by atoms with Crippen LogP contribution in [0.1, 0.15) is 56.7 Å². The smallest absolute Gasteiger partial charge is 0.243 e. The topological polar surface area (TPSA) is 81.9 Å². The molecule has 0 bridgehead atoms. The molecule has 0 saturated heterocycles. The van der Waals surface area contributed by atoms with Gasteiger partial charge in [-0.15, -0.1) is 0 Å². The van der Waals surface area contributed by atoms with Crippen molar-refractivity contribution >= 4 is 22.8 Å². The number of benzene rings is 2. The molecule has 0 aliphatic rings. The molecule has 2 aromatic carbocycles. The lowest BCUT2D eigenvalue weighted by atomic mass is 10.0. The molecule has 0 spiro atoms. The fourth-order valence-electron chi connectivity index (χ4n) is 3.77. The summed E-state index contributed by atoms with van der Waals surface area (Å²) in [6.45, 7) is 6.42. The summed E-state index contributed by atoms with van der Waals surface area (Å²) in [7, 11) is 0. The molecule has 1 heterocycles. The SMILES string of the molecule is CCCCN(CCCC)c1nc2ccccc2nc1[C@@H](C#N)C(=O)NCCc1ccccc1. The number of rotatable bonds is 12. The van der Waals surface area contributed by atoms with Crippen LogP contribution >= 0.6 is 0 Å². The van der Waals surface area contributed by atoms with Crippen LogP contribution in [0.2, 0.25) is 0 Å². The summed E-state index contributed by atoms with van der Waals surface area (Å²) in [5.41, 5.74) is 3.05. The summed E-state index contributed by atoms with van der Waals surface area (Å²) in [4.78, 5) is 25.0. The number of fused-ring (bicyclic) bond motifs is 1. The number of amides is 1. The minimum atomic E-state index is -1.02. The van der Waals surface area contributed by atoms with Crippen LogP contribution in [0.5, 0.6) is 0 Å². The van der Waals surface area contributed by atoms with E-state index in [2.05, 4.69) is 30.1 Å². The van der Waals surface area contributed by atoms with Crippen molar-refractivity contribution in [2.75, 3.05) is 24.5 Å². The van der Waals surface area contributed by atoms with Gasteiger partial charge >= 0.3 is 0 Å². The van der Waals surface area contributed by atoms with Crippen molar-refractivity contribution in [2.45, 2.75) is 51.9 Å². The number of nitrogens with zero attached hydrogens (tertiary/aromatic N) is 4. The molecule has 1 atom stereocenters. The van der Waals surface area contributed by atoms with Gasteiger partial charge in [0.15, 0.2) is 11.7 Å². The van der Waals surface area contributed by atoms with Gasteiger partial charge in [-0.3, -0.25) is 4.79 Å². The number of para-hydroxylation sites is 2. The van der Waals surface area contributed by atoms with Gasteiger partial charge in [0.1, 0.15) is 5.69 Å². The molecule has 1 amide bonds. The van der Waals surface area contributed by atoms with E-state index >= 15 is 0 Å². The lowest BCUT2D eigenvalue weighted by Crippen LogP contribution is -2.34. The van der Waals surface area contributed by atoms with E-state index < -0.39 is 5.92 Å². The Morgan fingerprint density at radius 1 is 0.970 bits per heavy atom. The van der Waals surface area contributed by atoms with Gasteiger partial charge in [0, 0.05) is 19.6 Å². The molecule has 6 nitrogen and oxygen atoms in total. The predicted molar refractivity (Wildman–Crippen MR) is 133 cm³/mol. The molecule has 1 N–H and O–H groups in total. The van der Waals surface area contributed by atoms with E-state index in [1.165, 1.54) is 0 Å². The van der Waals surface area contributed by atoms with Crippen molar-refractivity contribution < 1.29 is 4.79 Å². The second kappa shape index (κ2) is 12.5. The summed E-state index contributed by atoms with van der Waals surface area (Å²) in [6, 6.07) is 19.8. The Hall–Kier alpha value is -3.46. The van der Waals surface area contributed by atoms with Gasteiger partial charge in [0.05, 0.1) is 17.1 Å². The Kier molecular flexibility index (Phi) is 9.19. The third-order valence-corrected chi connectivity index (χ3v) is 5.66. The molecule has 0 aliphatic heterocycles. The largest absolute Gasteiger partial charge is 0.355 e. The maximum Gasteiger partial charge on any atom is 0.243 e. The molecule has 33 heavy (non-hydrogen) atoms. The monoisotopic (exact) mass is 443 g/mol. The molecule has 172 valence electrons. The van der Waals surface area contributed by atoms with E-state index in [0.29, 0.717) is 30.0 Å². The Morgan fingerprint density at radius 2 is 1.58 bits per heavy atom. The van der Waals surface area contributed by atoms with Crippen molar-refractivity contribution in [2.24, 2.45) is 0 Å². The minimum absolute atomic E-state index is 0.329. The van der Waals surface area contributed by atoms with E-state index in [1.807, 2.05) is 54.6 Å². The summed E-state index contributed by atoms with van der Waals surface area (Å²) in [5, 5.41) is 12.9. The zero-order valence-corrected chi connectivity index (χ0v) is 19.6. The van der Waals surface area contributed by atoms with Gasteiger partial charge in [-0.1, -0.05) is 69.2 Å². The lowest BCUT2D eigenvalue weighted by Gasteiger charge is -2.26. The molecular weight excluding hydrogens is 410 g/mol. The fourth-order valence-corrected chi connectivity index (χ4v) is 3.77. The Labute approximate surface area is 196 Å². The highest BCUT2D eigenvalue weighted by atomic mass is 16.1. The third-order valence-electron chi connectivity index (χ3n) is 5.66. The number of nitrogens with one attached hydrogen (secondary N) is 1. The van der Waals surface area contributed by atoms with E-state index in [9.17, 15) is 10.1 Å². The Balaban J connectivity index is 1.90. The van der Waals surface area contributed by atoms with Crippen molar-refractivity contribution in [1.82, 2.24) is 15.3 Å². The minimum Gasteiger partial charge on any atom is -0.355 e.